The summed E-state index contributed by atoms with van der Waals surface area (Å²) in [5, 5.41) is 2.57. The second kappa shape index (κ2) is 11.3. The third kappa shape index (κ3) is 6.56. The maximum absolute atomic E-state index is 6.03. The Morgan fingerprint density at radius 1 is 0.710 bits per heavy atom. The van der Waals surface area contributed by atoms with E-state index in [4.69, 9.17) is 4.74 Å². The Hall–Kier alpha value is -2.36. The minimum atomic E-state index is 0.794. The van der Waals surface area contributed by atoms with Crippen LogP contribution >= 0.6 is 0 Å². The summed E-state index contributed by atoms with van der Waals surface area (Å²) in [6.45, 7) is 9.99. The fourth-order valence-electron chi connectivity index (χ4n) is 4.43. The van der Waals surface area contributed by atoms with Crippen molar-refractivity contribution in [3.8, 4) is 5.75 Å². The van der Waals surface area contributed by atoms with E-state index in [9.17, 15) is 0 Å². The molecule has 1 aliphatic heterocycles. The molecule has 1 heterocycles. The summed E-state index contributed by atoms with van der Waals surface area (Å²) in [7, 11) is 0. The van der Waals surface area contributed by atoms with Crippen molar-refractivity contribution in [2.24, 2.45) is 0 Å². The standard InChI is InChI=1S/C28H36N2O/c1-2-29-16-18-30(19-17-29)23-25-12-13-27-22-28(15-14-26(27)21-25)31-20-8-4-7-11-24-9-5-3-6-10-24/h3,5-6,9-10,12-15,21-22H,2,4,7-8,11,16-20,23H2,1H3. The molecule has 0 unspecified atom stereocenters. The van der Waals surface area contributed by atoms with Crippen molar-refractivity contribution in [1.82, 2.24) is 9.80 Å². The third-order valence-corrected chi connectivity index (χ3v) is 6.42. The molecule has 0 N–H and O–H groups in total. The lowest BCUT2D eigenvalue weighted by Gasteiger charge is -2.34. The Labute approximate surface area is 187 Å². The molecular formula is C28H36N2O. The first-order valence-electron chi connectivity index (χ1n) is 11.9. The normalized spacial score (nSPS) is 15.4. The molecule has 3 aromatic carbocycles. The van der Waals surface area contributed by atoms with Gasteiger partial charge in [-0.1, -0.05) is 55.5 Å². The fraction of sp³-hybridized carbons (Fsp3) is 0.429. The van der Waals surface area contributed by atoms with Crippen molar-refractivity contribution in [1.29, 1.82) is 0 Å². The highest BCUT2D eigenvalue weighted by atomic mass is 16.5. The minimum Gasteiger partial charge on any atom is -0.494 e. The van der Waals surface area contributed by atoms with Crippen LogP contribution in [0.2, 0.25) is 0 Å². The molecule has 3 aromatic rings. The van der Waals surface area contributed by atoms with E-state index >= 15 is 0 Å². The van der Waals surface area contributed by atoms with Gasteiger partial charge in [-0.3, -0.25) is 4.90 Å². The first-order valence-corrected chi connectivity index (χ1v) is 11.9. The molecule has 0 amide bonds. The lowest BCUT2D eigenvalue weighted by molar-refractivity contribution is 0.132. The van der Waals surface area contributed by atoms with Crippen LogP contribution in [0.5, 0.6) is 5.75 Å². The smallest absolute Gasteiger partial charge is 0.119 e. The maximum Gasteiger partial charge on any atom is 0.119 e. The van der Waals surface area contributed by atoms with Crippen molar-refractivity contribution in [2.45, 2.75) is 39.2 Å². The third-order valence-electron chi connectivity index (χ3n) is 6.42. The number of rotatable bonds is 10. The van der Waals surface area contributed by atoms with Crippen LogP contribution in [-0.2, 0) is 13.0 Å². The summed E-state index contributed by atoms with van der Waals surface area (Å²) in [5.74, 6) is 0.985. The highest BCUT2D eigenvalue weighted by Crippen LogP contribution is 2.23. The van der Waals surface area contributed by atoms with E-state index < -0.39 is 0 Å². The Balaban J connectivity index is 1.21. The molecule has 0 bridgehead atoms. The van der Waals surface area contributed by atoms with Gasteiger partial charge in [-0.15, -0.1) is 0 Å². The molecule has 4 rings (SSSR count). The summed E-state index contributed by atoms with van der Waals surface area (Å²) < 4.78 is 6.03. The molecule has 31 heavy (non-hydrogen) atoms. The Morgan fingerprint density at radius 3 is 2.26 bits per heavy atom. The van der Waals surface area contributed by atoms with Gasteiger partial charge in [0.15, 0.2) is 0 Å². The number of ether oxygens (including phenoxy) is 1. The van der Waals surface area contributed by atoms with Crippen molar-refractivity contribution in [3.05, 3.63) is 77.9 Å². The van der Waals surface area contributed by atoms with Crippen molar-refractivity contribution in [3.63, 3.8) is 0 Å². The van der Waals surface area contributed by atoms with Crippen LogP contribution in [0.3, 0.4) is 0 Å². The van der Waals surface area contributed by atoms with Crippen LogP contribution in [0.15, 0.2) is 66.7 Å². The largest absolute Gasteiger partial charge is 0.494 e. The zero-order chi connectivity index (χ0) is 21.3. The van der Waals surface area contributed by atoms with Crippen LogP contribution in [0.1, 0.15) is 37.3 Å². The first-order chi connectivity index (χ1) is 15.3. The minimum absolute atomic E-state index is 0.794. The van der Waals surface area contributed by atoms with Gasteiger partial charge in [0.05, 0.1) is 6.61 Å². The predicted molar refractivity (Wildman–Crippen MR) is 131 cm³/mol. The zero-order valence-electron chi connectivity index (χ0n) is 18.9. The van der Waals surface area contributed by atoms with Crippen molar-refractivity contribution >= 4 is 10.8 Å². The van der Waals surface area contributed by atoms with E-state index in [2.05, 4.69) is 83.5 Å². The second-order valence-electron chi connectivity index (χ2n) is 8.70. The highest BCUT2D eigenvalue weighted by Gasteiger charge is 2.15. The van der Waals surface area contributed by atoms with Crippen LogP contribution in [0.25, 0.3) is 10.8 Å². The average molecular weight is 417 g/mol. The van der Waals surface area contributed by atoms with E-state index in [-0.39, 0.29) is 0 Å². The lowest BCUT2D eigenvalue weighted by atomic mass is 10.1. The molecule has 0 spiro atoms. The van der Waals surface area contributed by atoms with Gasteiger partial charge >= 0.3 is 0 Å². The SMILES string of the molecule is CCN1CCN(Cc2ccc3cc(OCCCCCc4ccccc4)ccc3c2)CC1. The fourth-order valence-corrected chi connectivity index (χ4v) is 4.43. The number of nitrogens with zero attached hydrogens (tertiary/aromatic N) is 2. The maximum atomic E-state index is 6.03. The highest BCUT2D eigenvalue weighted by molar-refractivity contribution is 5.84. The van der Waals surface area contributed by atoms with Gasteiger partial charge in [-0.25, -0.2) is 0 Å². The molecule has 3 heteroatoms. The Bertz CT molecular complexity index is 932. The summed E-state index contributed by atoms with van der Waals surface area (Å²) in [6, 6.07) is 24.1. The van der Waals surface area contributed by atoms with E-state index in [1.54, 1.807) is 0 Å². The van der Waals surface area contributed by atoms with Gasteiger partial charge in [0.2, 0.25) is 0 Å². The average Bonchev–Trinajstić information content (AvgIpc) is 2.82. The molecule has 0 radical (unpaired) electrons. The zero-order valence-corrected chi connectivity index (χ0v) is 18.9. The Kier molecular flexibility index (Phi) is 7.98. The predicted octanol–water partition coefficient (Wildman–Crippen LogP) is 5.77. The molecular weight excluding hydrogens is 380 g/mol. The van der Waals surface area contributed by atoms with Gasteiger partial charge in [-0.2, -0.15) is 0 Å². The molecule has 0 saturated carbocycles. The summed E-state index contributed by atoms with van der Waals surface area (Å²) in [5.41, 5.74) is 2.84. The lowest BCUT2D eigenvalue weighted by Crippen LogP contribution is -2.45. The molecule has 1 saturated heterocycles. The van der Waals surface area contributed by atoms with Gasteiger partial charge in [0.25, 0.3) is 0 Å². The number of hydrogen-bond acceptors (Lipinski definition) is 3. The van der Waals surface area contributed by atoms with E-state index in [1.807, 2.05) is 0 Å². The van der Waals surface area contributed by atoms with Crippen LogP contribution in [0.4, 0.5) is 0 Å². The van der Waals surface area contributed by atoms with Gasteiger partial charge in [0, 0.05) is 32.7 Å². The number of hydrogen-bond donors (Lipinski definition) is 0. The molecule has 0 aromatic heterocycles. The summed E-state index contributed by atoms with van der Waals surface area (Å²) in [6.07, 6.45) is 4.70. The number of piperazine rings is 1. The molecule has 164 valence electrons. The molecule has 0 atom stereocenters. The topological polar surface area (TPSA) is 15.7 Å². The van der Waals surface area contributed by atoms with E-state index in [0.29, 0.717) is 0 Å². The molecule has 1 fully saturated rings. The van der Waals surface area contributed by atoms with E-state index in [1.165, 1.54) is 67.5 Å². The van der Waals surface area contributed by atoms with Crippen LogP contribution < -0.4 is 4.74 Å². The second-order valence-corrected chi connectivity index (χ2v) is 8.70. The quantitative estimate of drug-likeness (QED) is 0.390. The Morgan fingerprint density at radius 2 is 1.45 bits per heavy atom. The number of likely N-dealkylation sites (N-methyl/N-ethyl adjacent to an activating group) is 1. The molecule has 0 aliphatic carbocycles. The van der Waals surface area contributed by atoms with Gasteiger partial charge < -0.3 is 9.64 Å². The summed E-state index contributed by atoms with van der Waals surface area (Å²) in [4.78, 5) is 5.10. The van der Waals surface area contributed by atoms with Gasteiger partial charge in [-0.05, 0) is 72.3 Å². The molecule has 3 nitrogen and oxygen atoms in total. The number of aryl methyl sites for hydroxylation is 1. The molecule has 1 aliphatic rings. The van der Waals surface area contributed by atoms with Crippen LogP contribution in [-0.4, -0.2) is 49.1 Å². The number of benzene rings is 3. The van der Waals surface area contributed by atoms with Crippen molar-refractivity contribution < 1.29 is 4.74 Å². The van der Waals surface area contributed by atoms with E-state index in [0.717, 1.165) is 31.7 Å². The first kappa shape index (κ1) is 21.9. The van der Waals surface area contributed by atoms with Crippen molar-refractivity contribution in [2.75, 3.05) is 39.3 Å². The van der Waals surface area contributed by atoms with Gasteiger partial charge in [0.1, 0.15) is 5.75 Å². The summed E-state index contributed by atoms with van der Waals surface area (Å²) >= 11 is 0. The number of fused-ring (bicyclic) bond motifs is 1. The van der Waals surface area contributed by atoms with Crippen LogP contribution in [0, 0.1) is 0 Å². The number of unbranched alkanes of at least 4 members (excludes halogenated alkanes) is 2. The monoisotopic (exact) mass is 416 g/mol.